The molecule has 4 rings (SSSR count). The van der Waals surface area contributed by atoms with Crippen LogP contribution < -0.4 is 0 Å². The molecule has 15 heteroatoms. The van der Waals surface area contributed by atoms with Crippen molar-refractivity contribution in [3.05, 3.63) is 58.5 Å². The average Bonchev–Trinajstić information content (AvgIpc) is 3.50. The van der Waals surface area contributed by atoms with Crippen molar-refractivity contribution in [2.45, 2.75) is 16.6 Å². The topological polar surface area (TPSA) is 158 Å². The molecule has 0 radical (unpaired) electrons. The van der Waals surface area contributed by atoms with Crippen molar-refractivity contribution in [1.82, 2.24) is 29.4 Å². The summed E-state index contributed by atoms with van der Waals surface area (Å²) in [6.45, 7) is 0.954. The molecule has 0 unspecified atom stereocenters. The monoisotopic (exact) mass is 493 g/mol. The summed E-state index contributed by atoms with van der Waals surface area (Å²) in [7, 11) is -3.90. The number of non-ortho nitro benzene ring substituents is 1. The van der Waals surface area contributed by atoms with E-state index in [9.17, 15) is 23.3 Å². The van der Waals surface area contributed by atoms with Crippen LogP contribution in [0.4, 0.5) is 5.69 Å². The molecular formula is C18H19N7O6S2. The van der Waals surface area contributed by atoms with Gasteiger partial charge in [0.25, 0.3) is 5.69 Å². The summed E-state index contributed by atoms with van der Waals surface area (Å²) < 4.78 is 33.7. The Labute approximate surface area is 192 Å². The highest BCUT2D eigenvalue weighted by Crippen LogP contribution is 2.23. The van der Waals surface area contributed by atoms with Crippen LogP contribution in [-0.2, 0) is 21.4 Å². The minimum atomic E-state index is -3.90. The highest BCUT2D eigenvalue weighted by molar-refractivity contribution is 7.99. The summed E-state index contributed by atoms with van der Waals surface area (Å²) in [5.74, 6) is 0.604. The van der Waals surface area contributed by atoms with Gasteiger partial charge in [0.2, 0.25) is 21.1 Å². The molecule has 3 aromatic rings. The highest BCUT2D eigenvalue weighted by atomic mass is 32.2. The number of nitro benzene ring substituents is 1. The predicted molar refractivity (Wildman–Crippen MR) is 115 cm³/mol. The number of hydrogen-bond acceptors (Lipinski definition) is 10. The molecule has 0 aliphatic carbocycles. The van der Waals surface area contributed by atoms with Crippen LogP contribution in [-0.4, -0.2) is 80.6 Å². The van der Waals surface area contributed by atoms with Crippen molar-refractivity contribution in [3.8, 4) is 0 Å². The van der Waals surface area contributed by atoms with E-state index in [1.807, 2.05) is 0 Å². The van der Waals surface area contributed by atoms with E-state index >= 15 is 0 Å². The number of sulfonamides is 1. The number of benzene rings is 1. The Morgan fingerprint density at radius 3 is 2.67 bits per heavy atom. The van der Waals surface area contributed by atoms with Gasteiger partial charge in [0.1, 0.15) is 12.3 Å². The summed E-state index contributed by atoms with van der Waals surface area (Å²) in [6.07, 6.45) is 1.55. The number of carbonyl (C=O) groups excluding carboxylic acids is 1. The molecule has 174 valence electrons. The quantitative estimate of drug-likeness (QED) is 0.250. The first-order chi connectivity index (χ1) is 15.8. The van der Waals surface area contributed by atoms with Crippen molar-refractivity contribution in [2.24, 2.45) is 0 Å². The van der Waals surface area contributed by atoms with Gasteiger partial charge in [-0.3, -0.25) is 14.9 Å². The molecule has 0 spiro atoms. The van der Waals surface area contributed by atoms with Crippen LogP contribution in [0.25, 0.3) is 0 Å². The number of piperazine rings is 1. The lowest BCUT2D eigenvalue weighted by atomic mass is 10.3. The highest BCUT2D eigenvalue weighted by Gasteiger charge is 2.31. The summed E-state index contributed by atoms with van der Waals surface area (Å²) in [5.41, 5.74) is -0.295. The maximum absolute atomic E-state index is 12.9. The largest absolute Gasteiger partial charge is 0.467 e. The van der Waals surface area contributed by atoms with Crippen LogP contribution in [0.1, 0.15) is 5.76 Å². The van der Waals surface area contributed by atoms with E-state index in [4.69, 9.17) is 4.42 Å². The van der Waals surface area contributed by atoms with Crippen molar-refractivity contribution < 1.29 is 22.6 Å². The molecule has 1 aliphatic heterocycles. The number of hydrogen-bond donors (Lipinski definition) is 0. The number of aromatic nitrogens is 4. The Hall–Kier alpha value is -3.30. The van der Waals surface area contributed by atoms with Gasteiger partial charge in [0.05, 0.1) is 21.8 Å². The zero-order valence-electron chi connectivity index (χ0n) is 17.2. The summed E-state index contributed by atoms with van der Waals surface area (Å²) in [4.78, 5) is 24.4. The average molecular weight is 494 g/mol. The van der Waals surface area contributed by atoms with Gasteiger partial charge in [-0.2, -0.15) is 4.31 Å². The van der Waals surface area contributed by atoms with Gasteiger partial charge in [0, 0.05) is 38.3 Å². The van der Waals surface area contributed by atoms with Crippen molar-refractivity contribution in [2.75, 3.05) is 31.9 Å². The van der Waals surface area contributed by atoms with Crippen LogP contribution >= 0.6 is 11.8 Å². The Morgan fingerprint density at radius 2 is 1.97 bits per heavy atom. The maximum atomic E-state index is 12.9. The van der Waals surface area contributed by atoms with Crippen LogP contribution in [0.3, 0.4) is 0 Å². The molecule has 1 amide bonds. The molecule has 0 saturated carbocycles. The van der Waals surface area contributed by atoms with Crippen molar-refractivity contribution >= 4 is 33.4 Å². The lowest BCUT2D eigenvalue weighted by Crippen LogP contribution is -2.51. The third-order valence-corrected chi connectivity index (χ3v) is 7.80. The van der Waals surface area contributed by atoms with Gasteiger partial charge >= 0.3 is 0 Å². The van der Waals surface area contributed by atoms with E-state index in [1.54, 1.807) is 23.3 Å². The molecule has 1 fully saturated rings. The second-order valence-electron chi connectivity index (χ2n) is 7.03. The van der Waals surface area contributed by atoms with Crippen molar-refractivity contribution in [1.29, 1.82) is 0 Å². The van der Waals surface area contributed by atoms with E-state index in [0.717, 1.165) is 6.07 Å². The smallest absolute Gasteiger partial charge is 0.270 e. The van der Waals surface area contributed by atoms with E-state index in [-0.39, 0.29) is 48.4 Å². The van der Waals surface area contributed by atoms with Crippen LogP contribution in [0.2, 0.25) is 0 Å². The molecule has 0 N–H and O–H groups in total. The number of tetrazole rings is 1. The zero-order valence-corrected chi connectivity index (χ0v) is 18.8. The van der Waals surface area contributed by atoms with Gasteiger partial charge in [-0.15, -0.1) is 5.10 Å². The third-order valence-electron chi connectivity index (χ3n) is 4.97. The fraction of sp³-hybridized carbons (Fsp3) is 0.333. The maximum Gasteiger partial charge on any atom is 0.270 e. The molecule has 1 saturated heterocycles. The Balaban J connectivity index is 1.32. The minimum absolute atomic E-state index is 0.0934. The Morgan fingerprint density at radius 1 is 1.18 bits per heavy atom. The fourth-order valence-corrected chi connectivity index (χ4v) is 5.49. The van der Waals surface area contributed by atoms with Crippen LogP contribution in [0, 0.1) is 10.1 Å². The molecule has 0 bridgehead atoms. The number of amides is 1. The first-order valence-corrected chi connectivity index (χ1v) is 12.2. The normalized spacial score (nSPS) is 15.0. The Kier molecular flexibility index (Phi) is 6.71. The number of nitrogens with zero attached hydrogens (tertiary/aromatic N) is 7. The van der Waals surface area contributed by atoms with Crippen LogP contribution in [0.15, 0.2) is 57.1 Å². The van der Waals surface area contributed by atoms with E-state index in [0.29, 0.717) is 17.5 Å². The third kappa shape index (κ3) is 5.20. The lowest BCUT2D eigenvalue weighted by Gasteiger charge is -2.33. The van der Waals surface area contributed by atoms with Gasteiger partial charge in [0.15, 0.2) is 0 Å². The fourth-order valence-electron chi connectivity index (χ4n) is 3.25. The molecule has 13 nitrogen and oxygen atoms in total. The van der Waals surface area contributed by atoms with Gasteiger partial charge in [-0.05, 0) is 28.6 Å². The van der Waals surface area contributed by atoms with Gasteiger partial charge in [-0.25, -0.2) is 13.1 Å². The van der Waals surface area contributed by atoms with Crippen LogP contribution in [0.5, 0.6) is 0 Å². The van der Waals surface area contributed by atoms with Crippen molar-refractivity contribution in [3.63, 3.8) is 0 Å². The second kappa shape index (κ2) is 9.68. The van der Waals surface area contributed by atoms with Gasteiger partial charge < -0.3 is 9.32 Å². The number of furan rings is 1. The number of thioether (sulfide) groups is 1. The second-order valence-corrected chi connectivity index (χ2v) is 9.91. The summed E-state index contributed by atoms with van der Waals surface area (Å²) >= 11 is 1.18. The SMILES string of the molecule is O=C(CSc1nnnn1Cc1ccco1)N1CCN(S(=O)(=O)c2cccc([N+](=O)[O-])c2)CC1. The molecule has 0 atom stereocenters. The van der Waals surface area contributed by atoms with Gasteiger partial charge in [-0.1, -0.05) is 17.8 Å². The summed E-state index contributed by atoms with van der Waals surface area (Å²) in [5, 5.41) is 22.9. The van der Waals surface area contributed by atoms with E-state index in [2.05, 4.69) is 15.5 Å². The molecule has 3 heterocycles. The lowest BCUT2D eigenvalue weighted by molar-refractivity contribution is -0.385. The molecular weight excluding hydrogens is 474 g/mol. The standard InChI is InChI=1S/C18H19N7O6S2/c26-17(13-32-18-19-20-21-24(18)12-15-4-2-10-31-15)22-6-8-23(9-7-22)33(29,30)16-5-1-3-14(11-16)25(27)28/h1-5,10-11H,6-9,12-13H2. The minimum Gasteiger partial charge on any atom is -0.467 e. The molecule has 1 aliphatic rings. The molecule has 1 aromatic carbocycles. The first kappa shape index (κ1) is 22.9. The van der Waals surface area contributed by atoms with E-state index in [1.165, 1.54) is 38.9 Å². The Bertz CT molecular complexity index is 1240. The molecule has 33 heavy (non-hydrogen) atoms. The first-order valence-electron chi connectivity index (χ1n) is 9.78. The number of carbonyl (C=O) groups is 1. The number of rotatable bonds is 8. The number of nitro groups is 1. The van der Waals surface area contributed by atoms with E-state index < -0.39 is 14.9 Å². The molecule has 2 aromatic heterocycles. The summed E-state index contributed by atoms with van der Waals surface area (Å²) in [6, 6.07) is 8.48. The predicted octanol–water partition coefficient (Wildman–Crippen LogP) is 0.848. The zero-order chi connectivity index (χ0) is 23.4.